The SMILES string of the molecule is CC(O)[C@@](N)(CC[C@@](N)(C(=O)O)C(C)O)C(=O)O. The number of rotatable bonds is 7. The maximum atomic E-state index is 11.0. The highest BCUT2D eigenvalue weighted by Crippen LogP contribution is 2.23. The Morgan fingerprint density at radius 1 is 0.944 bits per heavy atom. The molecule has 0 heterocycles. The number of carboxylic acids is 2. The highest BCUT2D eigenvalue weighted by atomic mass is 16.4. The molecule has 0 aliphatic rings. The summed E-state index contributed by atoms with van der Waals surface area (Å²) in [4.78, 5) is 22.0. The van der Waals surface area contributed by atoms with Gasteiger partial charge in [-0.2, -0.15) is 0 Å². The maximum Gasteiger partial charge on any atom is 0.326 e. The first-order valence-electron chi connectivity index (χ1n) is 5.39. The maximum absolute atomic E-state index is 11.0. The van der Waals surface area contributed by atoms with E-state index in [0.29, 0.717) is 0 Å². The van der Waals surface area contributed by atoms with Crippen molar-refractivity contribution in [3.8, 4) is 0 Å². The second-order valence-corrected chi connectivity index (χ2v) is 4.54. The molecule has 2 unspecified atom stereocenters. The molecule has 106 valence electrons. The van der Waals surface area contributed by atoms with Gasteiger partial charge in [0, 0.05) is 0 Å². The molecule has 0 fully saturated rings. The topological polar surface area (TPSA) is 167 Å². The average Bonchev–Trinajstić information content (AvgIpc) is 2.23. The van der Waals surface area contributed by atoms with Crippen molar-refractivity contribution in [2.24, 2.45) is 11.5 Å². The van der Waals surface area contributed by atoms with Gasteiger partial charge in [-0.25, -0.2) is 0 Å². The fourth-order valence-electron chi connectivity index (χ4n) is 1.40. The van der Waals surface area contributed by atoms with E-state index in [-0.39, 0.29) is 12.8 Å². The lowest BCUT2D eigenvalue weighted by molar-refractivity contribution is -0.152. The summed E-state index contributed by atoms with van der Waals surface area (Å²) >= 11 is 0. The van der Waals surface area contributed by atoms with Crippen LogP contribution >= 0.6 is 0 Å². The summed E-state index contributed by atoms with van der Waals surface area (Å²) < 4.78 is 0. The van der Waals surface area contributed by atoms with E-state index in [1.165, 1.54) is 13.8 Å². The summed E-state index contributed by atoms with van der Waals surface area (Å²) in [5, 5.41) is 36.6. The van der Waals surface area contributed by atoms with E-state index in [1.54, 1.807) is 0 Å². The van der Waals surface area contributed by atoms with E-state index >= 15 is 0 Å². The molecule has 0 aliphatic carbocycles. The highest BCUT2D eigenvalue weighted by molar-refractivity contribution is 5.81. The standard InChI is InChI=1S/C10H20N2O6/c1-5(13)9(11,7(15)16)3-4-10(12,6(2)14)8(17)18/h5-6,13-14H,3-4,11-12H2,1-2H3,(H,15,16)(H,17,18)/t5?,6?,9-,10-/m0/s1. The fraction of sp³-hybridized carbons (Fsp3) is 0.800. The van der Waals surface area contributed by atoms with Gasteiger partial charge in [-0.05, 0) is 26.7 Å². The van der Waals surface area contributed by atoms with Crippen LogP contribution in [0.5, 0.6) is 0 Å². The zero-order chi connectivity index (χ0) is 14.7. The molecule has 0 rings (SSSR count). The molecule has 8 N–H and O–H groups in total. The van der Waals surface area contributed by atoms with Crippen molar-refractivity contribution in [3.63, 3.8) is 0 Å². The van der Waals surface area contributed by atoms with E-state index in [9.17, 15) is 19.8 Å². The van der Waals surface area contributed by atoms with Gasteiger partial charge in [0.05, 0.1) is 12.2 Å². The van der Waals surface area contributed by atoms with Gasteiger partial charge in [-0.15, -0.1) is 0 Å². The van der Waals surface area contributed by atoms with E-state index in [1.807, 2.05) is 0 Å². The van der Waals surface area contributed by atoms with Gasteiger partial charge < -0.3 is 31.9 Å². The van der Waals surface area contributed by atoms with Crippen LogP contribution in [0.4, 0.5) is 0 Å². The van der Waals surface area contributed by atoms with Gasteiger partial charge >= 0.3 is 11.9 Å². The molecule has 0 radical (unpaired) electrons. The van der Waals surface area contributed by atoms with Crippen molar-refractivity contribution in [2.45, 2.75) is 50.0 Å². The van der Waals surface area contributed by atoms with E-state index in [0.717, 1.165) is 0 Å². The van der Waals surface area contributed by atoms with E-state index in [4.69, 9.17) is 21.7 Å². The smallest absolute Gasteiger partial charge is 0.326 e. The minimum absolute atomic E-state index is 0.381. The molecule has 0 bridgehead atoms. The Morgan fingerprint density at radius 3 is 1.28 bits per heavy atom. The molecule has 8 nitrogen and oxygen atoms in total. The zero-order valence-electron chi connectivity index (χ0n) is 10.3. The number of carbonyl (C=O) groups is 2. The summed E-state index contributed by atoms with van der Waals surface area (Å²) in [6.45, 7) is 2.38. The Bertz CT molecular complexity index is 300. The monoisotopic (exact) mass is 264 g/mol. The third kappa shape index (κ3) is 3.16. The van der Waals surface area contributed by atoms with Crippen LogP contribution in [0.3, 0.4) is 0 Å². The zero-order valence-corrected chi connectivity index (χ0v) is 10.3. The van der Waals surface area contributed by atoms with Crippen molar-refractivity contribution in [2.75, 3.05) is 0 Å². The molecular formula is C10H20N2O6. The molecule has 18 heavy (non-hydrogen) atoms. The third-order valence-electron chi connectivity index (χ3n) is 3.24. The third-order valence-corrected chi connectivity index (χ3v) is 3.24. The van der Waals surface area contributed by atoms with Crippen molar-refractivity contribution in [1.29, 1.82) is 0 Å². The number of hydrogen-bond acceptors (Lipinski definition) is 6. The first kappa shape index (κ1) is 16.8. The molecule has 0 aromatic carbocycles. The van der Waals surface area contributed by atoms with Gasteiger partial charge in [0.25, 0.3) is 0 Å². The van der Waals surface area contributed by atoms with Crippen LogP contribution in [0.15, 0.2) is 0 Å². The number of aliphatic carboxylic acids is 2. The predicted octanol–water partition coefficient (Wildman–Crippen LogP) is -1.91. The van der Waals surface area contributed by atoms with Gasteiger partial charge in [0.2, 0.25) is 0 Å². The van der Waals surface area contributed by atoms with Gasteiger partial charge in [0.1, 0.15) is 11.1 Å². The molecule has 8 heteroatoms. The molecule has 0 saturated carbocycles. The lowest BCUT2D eigenvalue weighted by Gasteiger charge is -2.33. The summed E-state index contributed by atoms with van der Waals surface area (Å²) in [5.74, 6) is -2.92. The Morgan fingerprint density at radius 2 is 1.17 bits per heavy atom. The minimum atomic E-state index is -2.01. The summed E-state index contributed by atoms with van der Waals surface area (Å²) in [7, 11) is 0. The second kappa shape index (κ2) is 5.61. The van der Waals surface area contributed by atoms with Gasteiger partial charge in [0.15, 0.2) is 0 Å². The van der Waals surface area contributed by atoms with Gasteiger partial charge in [-0.1, -0.05) is 0 Å². The highest BCUT2D eigenvalue weighted by Gasteiger charge is 2.45. The largest absolute Gasteiger partial charge is 0.480 e. The van der Waals surface area contributed by atoms with Crippen molar-refractivity contribution in [3.05, 3.63) is 0 Å². The molecular weight excluding hydrogens is 244 g/mol. The lowest BCUT2D eigenvalue weighted by atomic mass is 9.81. The van der Waals surface area contributed by atoms with Gasteiger partial charge in [-0.3, -0.25) is 9.59 Å². The molecule has 0 spiro atoms. The molecule has 0 aromatic heterocycles. The summed E-state index contributed by atoms with van der Waals surface area (Å²) in [6, 6.07) is 0. The number of carboxylic acid groups (broad SMARTS) is 2. The van der Waals surface area contributed by atoms with Crippen LogP contribution in [-0.2, 0) is 9.59 Å². The van der Waals surface area contributed by atoms with Crippen LogP contribution in [0.1, 0.15) is 26.7 Å². The van der Waals surface area contributed by atoms with Crippen molar-refractivity contribution in [1.82, 2.24) is 0 Å². The predicted molar refractivity (Wildman–Crippen MR) is 61.7 cm³/mol. The Hall–Kier alpha value is -1.22. The lowest BCUT2D eigenvalue weighted by Crippen LogP contribution is -2.61. The van der Waals surface area contributed by atoms with Crippen LogP contribution in [-0.4, -0.2) is 55.7 Å². The van der Waals surface area contributed by atoms with Crippen LogP contribution < -0.4 is 11.5 Å². The van der Waals surface area contributed by atoms with Crippen LogP contribution in [0.25, 0.3) is 0 Å². The molecule has 4 atom stereocenters. The van der Waals surface area contributed by atoms with Crippen molar-refractivity contribution < 1.29 is 30.0 Å². The normalized spacial score (nSPS) is 21.4. The quantitative estimate of drug-likeness (QED) is 0.309. The van der Waals surface area contributed by atoms with E-state index < -0.39 is 35.2 Å². The number of aliphatic hydroxyl groups excluding tert-OH is 2. The Balaban J connectivity index is 5.02. The number of aliphatic hydroxyl groups is 2. The van der Waals surface area contributed by atoms with Crippen molar-refractivity contribution >= 4 is 11.9 Å². The Kier molecular flexibility index (Phi) is 5.23. The first-order valence-corrected chi connectivity index (χ1v) is 5.39. The Labute approximate surface area is 104 Å². The second-order valence-electron chi connectivity index (χ2n) is 4.54. The molecule has 0 saturated heterocycles. The molecule has 0 aromatic rings. The first-order chi connectivity index (χ1) is 7.98. The van der Waals surface area contributed by atoms with Crippen LogP contribution in [0.2, 0.25) is 0 Å². The average molecular weight is 264 g/mol. The number of hydrogen-bond donors (Lipinski definition) is 6. The summed E-state index contributed by atoms with van der Waals surface area (Å²) in [5.41, 5.74) is 7.01. The summed E-state index contributed by atoms with van der Waals surface area (Å²) in [6.07, 6.45) is -3.54. The molecule has 0 amide bonds. The van der Waals surface area contributed by atoms with Crippen LogP contribution in [0, 0.1) is 0 Å². The molecule has 0 aliphatic heterocycles. The number of nitrogens with two attached hydrogens (primary N) is 2. The minimum Gasteiger partial charge on any atom is -0.480 e. The van der Waals surface area contributed by atoms with E-state index in [2.05, 4.69) is 0 Å². The fourth-order valence-corrected chi connectivity index (χ4v) is 1.40.